The lowest BCUT2D eigenvalue weighted by molar-refractivity contribution is 0.182. The number of hydrogen-bond acceptors (Lipinski definition) is 1. The van der Waals surface area contributed by atoms with Crippen molar-refractivity contribution in [1.29, 1.82) is 0 Å². The van der Waals surface area contributed by atoms with E-state index in [-0.39, 0.29) is 6.03 Å². The van der Waals surface area contributed by atoms with Crippen LogP contribution in [0.4, 0.5) is 4.79 Å². The lowest BCUT2D eigenvalue weighted by Gasteiger charge is -2.28. The minimum absolute atomic E-state index is 0.135. The Hall–Kier alpha value is -0.730. The number of rotatable bonds is 4. The van der Waals surface area contributed by atoms with Crippen molar-refractivity contribution in [2.45, 2.75) is 58.9 Å². The zero-order valence-electron chi connectivity index (χ0n) is 11.0. The quantitative estimate of drug-likeness (QED) is 0.785. The van der Waals surface area contributed by atoms with Gasteiger partial charge in [0.2, 0.25) is 0 Å². The summed E-state index contributed by atoms with van der Waals surface area (Å²) in [5.74, 6) is 0.717. The molecular weight excluding hydrogens is 200 g/mol. The number of amides is 2. The van der Waals surface area contributed by atoms with E-state index in [1.54, 1.807) is 0 Å². The summed E-state index contributed by atoms with van der Waals surface area (Å²) < 4.78 is 0. The molecule has 0 radical (unpaired) electrons. The molecule has 3 heteroatoms. The summed E-state index contributed by atoms with van der Waals surface area (Å²) in [6, 6.07) is 0.438. The van der Waals surface area contributed by atoms with Crippen LogP contribution >= 0.6 is 0 Å². The molecule has 1 saturated heterocycles. The Bertz CT molecular complexity index is 210. The zero-order valence-corrected chi connectivity index (χ0v) is 11.0. The molecule has 0 aliphatic carbocycles. The number of carbonyl (C=O) groups is 1. The number of piperidine rings is 1. The van der Waals surface area contributed by atoms with Crippen molar-refractivity contribution in [1.82, 2.24) is 10.2 Å². The Morgan fingerprint density at radius 1 is 1.12 bits per heavy atom. The second-order valence-corrected chi connectivity index (χ2v) is 5.37. The number of nitrogens with one attached hydrogen (secondary N) is 1. The molecule has 1 aliphatic heterocycles. The minimum atomic E-state index is 0.135. The maximum absolute atomic E-state index is 11.9. The molecule has 1 rings (SSSR count). The third kappa shape index (κ3) is 4.86. The van der Waals surface area contributed by atoms with Crippen LogP contribution in [0.3, 0.4) is 0 Å². The van der Waals surface area contributed by atoms with Crippen molar-refractivity contribution in [3.63, 3.8) is 0 Å². The summed E-state index contributed by atoms with van der Waals surface area (Å²) >= 11 is 0. The third-order valence-electron chi connectivity index (χ3n) is 3.19. The summed E-state index contributed by atoms with van der Waals surface area (Å²) in [6.45, 7) is 8.41. The SMILES string of the molecule is CC(C)CCC(C)NC(=O)N1CCCCC1. The molecule has 2 amide bonds. The highest BCUT2D eigenvalue weighted by molar-refractivity contribution is 5.74. The normalized spacial score (nSPS) is 18.6. The standard InChI is InChI=1S/C13H26N2O/c1-11(2)7-8-12(3)14-13(16)15-9-5-4-6-10-15/h11-12H,4-10H2,1-3H3,(H,14,16). The van der Waals surface area contributed by atoms with Crippen LogP contribution in [0.1, 0.15) is 52.9 Å². The van der Waals surface area contributed by atoms with Gasteiger partial charge in [0.05, 0.1) is 0 Å². The molecule has 0 aromatic rings. The molecule has 0 saturated carbocycles. The van der Waals surface area contributed by atoms with Gasteiger partial charge in [0.15, 0.2) is 0 Å². The van der Waals surface area contributed by atoms with Crippen molar-refractivity contribution in [2.24, 2.45) is 5.92 Å². The number of likely N-dealkylation sites (tertiary alicyclic amines) is 1. The Morgan fingerprint density at radius 2 is 1.75 bits per heavy atom. The summed E-state index contributed by atoms with van der Waals surface area (Å²) in [7, 11) is 0. The van der Waals surface area contributed by atoms with E-state index in [1.807, 2.05) is 4.90 Å². The van der Waals surface area contributed by atoms with Crippen LogP contribution in [0.2, 0.25) is 0 Å². The first-order valence-electron chi connectivity index (χ1n) is 6.65. The van der Waals surface area contributed by atoms with Crippen LogP contribution in [0.5, 0.6) is 0 Å². The van der Waals surface area contributed by atoms with Crippen LogP contribution in [-0.4, -0.2) is 30.1 Å². The number of urea groups is 1. The van der Waals surface area contributed by atoms with Gasteiger partial charge in [0.1, 0.15) is 0 Å². The van der Waals surface area contributed by atoms with Crippen LogP contribution in [-0.2, 0) is 0 Å². The topological polar surface area (TPSA) is 32.3 Å². The zero-order chi connectivity index (χ0) is 12.0. The molecule has 0 spiro atoms. The van der Waals surface area contributed by atoms with Gasteiger partial charge >= 0.3 is 6.03 Å². The molecule has 0 aromatic heterocycles. The summed E-state index contributed by atoms with van der Waals surface area (Å²) in [5, 5.41) is 3.09. The first kappa shape index (κ1) is 13.3. The fourth-order valence-corrected chi connectivity index (χ4v) is 2.05. The monoisotopic (exact) mass is 226 g/mol. The summed E-state index contributed by atoms with van der Waals surface area (Å²) in [5.41, 5.74) is 0. The van der Waals surface area contributed by atoms with E-state index >= 15 is 0 Å². The second kappa shape index (κ2) is 6.77. The predicted octanol–water partition coefficient (Wildman–Crippen LogP) is 3.01. The van der Waals surface area contributed by atoms with Gasteiger partial charge in [-0.2, -0.15) is 0 Å². The lowest BCUT2D eigenvalue weighted by atomic mass is 10.0. The van der Waals surface area contributed by atoms with E-state index in [1.165, 1.54) is 12.8 Å². The van der Waals surface area contributed by atoms with Gasteiger partial charge in [-0.25, -0.2) is 4.79 Å². The Morgan fingerprint density at radius 3 is 2.31 bits per heavy atom. The van der Waals surface area contributed by atoms with E-state index in [4.69, 9.17) is 0 Å². The van der Waals surface area contributed by atoms with Crippen LogP contribution < -0.4 is 5.32 Å². The molecule has 0 aromatic carbocycles. The maximum Gasteiger partial charge on any atom is 0.317 e. The highest BCUT2D eigenvalue weighted by Crippen LogP contribution is 2.10. The van der Waals surface area contributed by atoms with Gasteiger partial charge in [-0.1, -0.05) is 13.8 Å². The maximum atomic E-state index is 11.9. The predicted molar refractivity (Wildman–Crippen MR) is 67.5 cm³/mol. The largest absolute Gasteiger partial charge is 0.336 e. The first-order valence-corrected chi connectivity index (χ1v) is 6.65. The molecule has 94 valence electrons. The van der Waals surface area contributed by atoms with Crippen molar-refractivity contribution in [2.75, 3.05) is 13.1 Å². The number of hydrogen-bond donors (Lipinski definition) is 1. The fourth-order valence-electron chi connectivity index (χ4n) is 2.05. The van der Waals surface area contributed by atoms with Gasteiger partial charge < -0.3 is 10.2 Å². The molecule has 1 N–H and O–H groups in total. The second-order valence-electron chi connectivity index (χ2n) is 5.37. The molecule has 1 aliphatic rings. The van der Waals surface area contributed by atoms with Crippen molar-refractivity contribution in [3.05, 3.63) is 0 Å². The number of carbonyl (C=O) groups excluding carboxylic acids is 1. The van der Waals surface area contributed by atoms with Gasteiger partial charge in [-0.15, -0.1) is 0 Å². The summed E-state index contributed by atoms with van der Waals surface area (Å²) in [6.07, 6.45) is 5.85. The van der Waals surface area contributed by atoms with Crippen molar-refractivity contribution < 1.29 is 4.79 Å². The van der Waals surface area contributed by atoms with Gasteiger partial charge in [0.25, 0.3) is 0 Å². The molecular formula is C13H26N2O. The van der Waals surface area contributed by atoms with E-state index in [9.17, 15) is 4.79 Å². The Labute approximate surface area is 99.6 Å². The first-order chi connectivity index (χ1) is 7.59. The van der Waals surface area contributed by atoms with Crippen LogP contribution in [0.15, 0.2) is 0 Å². The molecule has 3 nitrogen and oxygen atoms in total. The highest BCUT2D eigenvalue weighted by atomic mass is 16.2. The van der Waals surface area contributed by atoms with Gasteiger partial charge in [-0.3, -0.25) is 0 Å². The third-order valence-corrected chi connectivity index (χ3v) is 3.19. The van der Waals surface area contributed by atoms with E-state index in [2.05, 4.69) is 26.1 Å². The smallest absolute Gasteiger partial charge is 0.317 e. The van der Waals surface area contributed by atoms with E-state index in [0.29, 0.717) is 12.0 Å². The average molecular weight is 226 g/mol. The highest BCUT2D eigenvalue weighted by Gasteiger charge is 2.17. The summed E-state index contributed by atoms with van der Waals surface area (Å²) in [4.78, 5) is 13.8. The molecule has 1 atom stereocenters. The molecule has 16 heavy (non-hydrogen) atoms. The molecule has 1 heterocycles. The molecule has 1 unspecified atom stereocenters. The lowest BCUT2D eigenvalue weighted by Crippen LogP contribution is -2.46. The minimum Gasteiger partial charge on any atom is -0.336 e. The fraction of sp³-hybridized carbons (Fsp3) is 0.923. The van der Waals surface area contributed by atoms with Crippen LogP contribution in [0, 0.1) is 5.92 Å². The van der Waals surface area contributed by atoms with Crippen LogP contribution in [0.25, 0.3) is 0 Å². The average Bonchev–Trinajstić information content (AvgIpc) is 2.27. The van der Waals surface area contributed by atoms with Gasteiger partial charge in [-0.05, 0) is 44.9 Å². The van der Waals surface area contributed by atoms with E-state index < -0.39 is 0 Å². The van der Waals surface area contributed by atoms with Crippen molar-refractivity contribution >= 4 is 6.03 Å². The van der Waals surface area contributed by atoms with E-state index in [0.717, 1.165) is 32.4 Å². The Balaban J connectivity index is 2.21. The molecule has 0 bridgehead atoms. The Kier molecular flexibility index (Phi) is 5.64. The number of nitrogens with zero attached hydrogens (tertiary/aromatic N) is 1. The molecule has 1 fully saturated rings. The van der Waals surface area contributed by atoms with Crippen molar-refractivity contribution in [3.8, 4) is 0 Å². The van der Waals surface area contributed by atoms with Gasteiger partial charge in [0, 0.05) is 19.1 Å².